The van der Waals surface area contributed by atoms with Crippen molar-refractivity contribution in [3.63, 3.8) is 0 Å². The van der Waals surface area contributed by atoms with Crippen LogP contribution in [0.3, 0.4) is 0 Å². The fourth-order valence-electron chi connectivity index (χ4n) is 3.60. The number of rotatable bonds is 6. The van der Waals surface area contributed by atoms with Crippen LogP contribution in [0, 0.1) is 5.41 Å². The standard InChI is InChI=1S/C15H30N4O2S.HI/c1-3-16-14(17-10-6-11-18-22(2,20)21)19-12-9-15(13-19)7-4-5-8-15;/h18H,3-13H2,1-2H3,(H,16,17);1H. The number of halogens is 1. The number of likely N-dealkylation sites (tertiary alicyclic amines) is 1. The first-order valence-electron chi connectivity index (χ1n) is 8.42. The van der Waals surface area contributed by atoms with Gasteiger partial charge in [-0.1, -0.05) is 12.8 Å². The normalized spacial score (nSPS) is 20.8. The molecule has 1 heterocycles. The van der Waals surface area contributed by atoms with Crippen LogP contribution in [0.1, 0.15) is 45.4 Å². The predicted octanol–water partition coefficient (Wildman–Crippen LogP) is 1.78. The maximum Gasteiger partial charge on any atom is 0.208 e. The van der Waals surface area contributed by atoms with Crippen molar-refractivity contribution >= 4 is 40.0 Å². The van der Waals surface area contributed by atoms with Crippen LogP contribution in [0.2, 0.25) is 0 Å². The molecule has 2 rings (SSSR count). The summed E-state index contributed by atoms with van der Waals surface area (Å²) >= 11 is 0. The van der Waals surface area contributed by atoms with E-state index in [2.05, 4.69) is 26.9 Å². The lowest BCUT2D eigenvalue weighted by molar-refractivity contribution is 0.309. The monoisotopic (exact) mass is 458 g/mol. The number of hydrogen-bond acceptors (Lipinski definition) is 3. The minimum absolute atomic E-state index is 0. The van der Waals surface area contributed by atoms with E-state index in [9.17, 15) is 8.42 Å². The smallest absolute Gasteiger partial charge is 0.208 e. The van der Waals surface area contributed by atoms with E-state index in [1.807, 2.05) is 0 Å². The van der Waals surface area contributed by atoms with Gasteiger partial charge in [0.2, 0.25) is 10.0 Å². The molecule has 1 aliphatic heterocycles. The van der Waals surface area contributed by atoms with Crippen molar-refractivity contribution in [3.8, 4) is 0 Å². The minimum atomic E-state index is -3.09. The van der Waals surface area contributed by atoms with Crippen LogP contribution < -0.4 is 10.0 Å². The summed E-state index contributed by atoms with van der Waals surface area (Å²) in [5, 5.41) is 3.38. The molecule has 8 heteroatoms. The number of guanidine groups is 1. The third kappa shape index (κ3) is 6.74. The molecule has 136 valence electrons. The van der Waals surface area contributed by atoms with Gasteiger partial charge in [0, 0.05) is 32.7 Å². The Morgan fingerprint density at radius 2 is 1.96 bits per heavy atom. The quantitative estimate of drug-likeness (QED) is 0.276. The lowest BCUT2D eigenvalue weighted by atomic mass is 9.86. The highest BCUT2D eigenvalue weighted by Gasteiger charge is 2.40. The van der Waals surface area contributed by atoms with E-state index in [0.29, 0.717) is 18.5 Å². The number of aliphatic imine (C=N–C) groups is 1. The molecule has 1 saturated carbocycles. The Morgan fingerprint density at radius 1 is 1.26 bits per heavy atom. The Morgan fingerprint density at radius 3 is 2.57 bits per heavy atom. The zero-order chi connectivity index (χ0) is 16.1. The first-order valence-corrected chi connectivity index (χ1v) is 10.3. The van der Waals surface area contributed by atoms with Crippen molar-refractivity contribution in [3.05, 3.63) is 0 Å². The molecule has 0 bridgehead atoms. The largest absolute Gasteiger partial charge is 0.357 e. The molecule has 2 fully saturated rings. The number of hydrogen-bond donors (Lipinski definition) is 2. The Bertz CT molecular complexity index is 490. The number of nitrogens with one attached hydrogen (secondary N) is 2. The van der Waals surface area contributed by atoms with Gasteiger partial charge in [0.15, 0.2) is 5.96 Å². The molecule has 0 aromatic rings. The summed E-state index contributed by atoms with van der Waals surface area (Å²) in [7, 11) is -3.09. The highest BCUT2D eigenvalue weighted by molar-refractivity contribution is 14.0. The molecule has 0 amide bonds. The third-order valence-corrected chi connectivity index (χ3v) is 5.43. The van der Waals surface area contributed by atoms with E-state index in [-0.39, 0.29) is 24.0 Å². The molecular weight excluding hydrogens is 427 g/mol. The second-order valence-electron chi connectivity index (χ2n) is 6.63. The van der Waals surface area contributed by atoms with Crippen LogP contribution in [-0.4, -0.2) is 58.3 Å². The van der Waals surface area contributed by atoms with Gasteiger partial charge >= 0.3 is 0 Å². The topological polar surface area (TPSA) is 73.8 Å². The zero-order valence-electron chi connectivity index (χ0n) is 14.3. The van der Waals surface area contributed by atoms with Gasteiger partial charge in [-0.25, -0.2) is 13.1 Å². The zero-order valence-corrected chi connectivity index (χ0v) is 17.5. The summed E-state index contributed by atoms with van der Waals surface area (Å²) < 4.78 is 24.5. The van der Waals surface area contributed by atoms with Crippen molar-refractivity contribution in [2.24, 2.45) is 10.4 Å². The van der Waals surface area contributed by atoms with Crippen molar-refractivity contribution in [2.45, 2.75) is 45.4 Å². The van der Waals surface area contributed by atoms with Crippen molar-refractivity contribution in [1.29, 1.82) is 0 Å². The van der Waals surface area contributed by atoms with Gasteiger partial charge in [-0.05, 0) is 38.0 Å². The molecule has 1 spiro atoms. The second-order valence-corrected chi connectivity index (χ2v) is 8.47. The predicted molar refractivity (Wildman–Crippen MR) is 106 cm³/mol. The van der Waals surface area contributed by atoms with E-state index < -0.39 is 10.0 Å². The van der Waals surface area contributed by atoms with E-state index in [1.165, 1.54) is 38.4 Å². The van der Waals surface area contributed by atoms with Crippen LogP contribution in [0.5, 0.6) is 0 Å². The van der Waals surface area contributed by atoms with E-state index in [4.69, 9.17) is 0 Å². The molecule has 0 unspecified atom stereocenters. The molecular formula is C15H31IN4O2S. The molecule has 1 aliphatic carbocycles. The molecule has 2 N–H and O–H groups in total. The first-order chi connectivity index (χ1) is 10.4. The number of sulfonamides is 1. The fourth-order valence-corrected chi connectivity index (χ4v) is 4.11. The number of nitrogens with zero attached hydrogens (tertiary/aromatic N) is 2. The lowest BCUT2D eigenvalue weighted by Crippen LogP contribution is -2.41. The van der Waals surface area contributed by atoms with E-state index >= 15 is 0 Å². The summed E-state index contributed by atoms with van der Waals surface area (Å²) in [6, 6.07) is 0. The van der Waals surface area contributed by atoms with Crippen LogP contribution in [0.25, 0.3) is 0 Å². The summed E-state index contributed by atoms with van der Waals surface area (Å²) in [5.41, 5.74) is 0.536. The highest BCUT2D eigenvalue weighted by atomic mass is 127. The van der Waals surface area contributed by atoms with Crippen molar-refractivity contribution in [1.82, 2.24) is 14.9 Å². The van der Waals surface area contributed by atoms with Crippen molar-refractivity contribution in [2.75, 3.05) is 39.0 Å². The van der Waals surface area contributed by atoms with Crippen molar-refractivity contribution < 1.29 is 8.42 Å². The molecule has 0 aromatic heterocycles. The van der Waals surface area contributed by atoms with Crippen LogP contribution in [-0.2, 0) is 10.0 Å². The van der Waals surface area contributed by atoms with E-state index in [1.54, 1.807) is 0 Å². The van der Waals surface area contributed by atoms with Gasteiger partial charge < -0.3 is 10.2 Å². The van der Waals surface area contributed by atoms with Gasteiger partial charge in [0.25, 0.3) is 0 Å². The minimum Gasteiger partial charge on any atom is -0.357 e. The second kappa shape index (κ2) is 9.41. The third-order valence-electron chi connectivity index (χ3n) is 4.70. The highest BCUT2D eigenvalue weighted by Crippen LogP contribution is 2.45. The average Bonchev–Trinajstić information content (AvgIpc) is 3.07. The van der Waals surface area contributed by atoms with Gasteiger partial charge in [-0.2, -0.15) is 0 Å². The van der Waals surface area contributed by atoms with Gasteiger partial charge in [0.1, 0.15) is 0 Å². The van der Waals surface area contributed by atoms with Crippen LogP contribution >= 0.6 is 24.0 Å². The molecule has 0 aromatic carbocycles. The Kier molecular flexibility index (Phi) is 8.57. The molecule has 0 radical (unpaired) electrons. The Labute approximate surface area is 157 Å². The SMILES string of the molecule is CCNC(=NCCCNS(C)(=O)=O)N1CCC2(CCCC2)C1.I. The van der Waals surface area contributed by atoms with Crippen LogP contribution in [0.15, 0.2) is 4.99 Å². The van der Waals surface area contributed by atoms with Crippen LogP contribution in [0.4, 0.5) is 0 Å². The molecule has 1 saturated heterocycles. The molecule has 2 aliphatic rings. The maximum absolute atomic E-state index is 11.0. The summed E-state index contributed by atoms with van der Waals surface area (Å²) in [6.45, 7) is 6.26. The van der Waals surface area contributed by atoms with E-state index in [0.717, 1.165) is 32.0 Å². The average molecular weight is 458 g/mol. The summed E-state index contributed by atoms with van der Waals surface area (Å²) in [6.07, 6.45) is 8.67. The molecule has 6 nitrogen and oxygen atoms in total. The fraction of sp³-hybridized carbons (Fsp3) is 0.933. The first kappa shape index (κ1) is 21.0. The Balaban J connectivity index is 0.00000264. The van der Waals surface area contributed by atoms with Gasteiger partial charge in [0.05, 0.1) is 6.26 Å². The summed E-state index contributed by atoms with van der Waals surface area (Å²) in [4.78, 5) is 7.05. The van der Waals surface area contributed by atoms with Gasteiger partial charge in [-0.3, -0.25) is 4.99 Å². The molecule has 0 atom stereocenters. The maximum atomic E-state index is 11.0. The molecule has 23 heavy (non-hydrogen) atoms. The lowest BCUT2D eigenvalue weighted by Gasteiger charge is -2.26. The Hall–Kier alpha value is -0.0900. The summed E-state index contributed by atoms with van der Waals surface area (Å²) in [5.74, 6) is 0.991. The van der Waals surface area contributed by atoms with Gasteiger partial charge in [-0.15, -0.1) is 24.0 Å².